The summed E-state index contributed by atoms with van der Waals surface area (Å²) in [5, 5.41) is 8.92. The van der Waals surface area contributed by atoms with E-state index in [1.807, 2.05) is 30.3 Å². The Kier molecular flexibility index (Phi) is 6.45. The van der Waals surface area contributed by atoms with Crippen LogP contribution in [0.25, 0.3) is 0 Å². The van der Waals surface area contributed by atoms with Crippen molar-refractivity contribution < 1.29 is 19.0 Å². The Bertz CT molecular complexity index is 712. The van der Waals surface area contributed by atoms with Gasteiger partial charge in [-0.1, -0.05) is 34.1 Å². The maximum absolute atomic E-state index is 11.6. The van der Waals surface area contributed by atoms with Crippen molar-refractivity contribution in [2.75, 3.05) is 19.8 Å². The summed E-state index contributed by atoms with van der Waals surface area (Å²) in [5.74, 6) is 0.530. The summed E-state index contributed by atoms with van der Waals surface area (Å²) in [6.07, 6.45) is 0. The lowest BCUT2D eigenvalue weighted by atomic mass is 10.2. The molecule has 0 aliphatic heterocycles. The first-order valence-corrected chi connectivity index (χ1v) is 7.64. The van der Waals surface area contributed by atoms with Gasteiger partial charge in [-0.15, -0.1) is 0 Å². The monoisotopic (exact) mass is 375 g/mol. The minimum Gasteiger partial charge on any atom is -0.490 e. The van der Waals surface area contributed by atoms with Crippen molar-refractivity contribution in [2.45, 2.75) is 0 Å². The smallest absolute Gasteiger partial charge is 0.344 e. The van der Waals surface area contributed by atoms with Crippen LogP contribution in [0, 0.1) is 11.3 Å². The molecule has 0 amide bonds. The molecule has 0 N–H and O–H groups in total. The number of esters is 1. The van der Waals surface area contributed by atoms with Crippen LogP contribution in [0.1, 0.15) is 5.56 Å². The van der Waals surface area contributed by atoms with Crippen LogP contribution in [0.15, 0.2) is 53.0 Å². The number of nitriles is 1. The molecule has 23 heavy (non-hydrogen) atoms. The van der Waals surface area contributed by atoms with Crippen LogP contribution in [0.2, 0.25) is 0 Å². The summed E-state index contributed by atoms with van der Waals surface area (Å²) in [4.78, 5) is 11.6. The normalized spacial score (nSPS) is 9.74. The molecule has 0 aromatic heterocycles. The lowest BCUT2D eigenvalue weighted by Gasteiger charge is -2.09. The van der Waals surface area contributed by atoms with Gasteiger partial charge >= 0.3 is 5.97 Å². The third-order valence-electron chi connectivity index (χ3n) is 2.76. The Balaban J connectivity index is 1.68. The highest BCUT2D eigenvalue weighted by molar-refractivity contribution is 9.10. The third-order valence-corrected chi connectivity index (χ3v) is 3.26. The van der Waals surface area contributed by atoms with Crippen molar-refractivity contribution in [1.29, 1.82) is 5.26 Å². The molecule has 0 saturated carbocycles. The number of hydrogen-bond donors (Lipinski definition) is 0. The van der Waals surface area contributed by atoms with Gasteiger partial charge in [-0.3, -0.25) is 0 Å². The Morgan fingerprint density at radius 2 is 1.91 bits per heavy atom. The summed E-state index contributed by atoms with van der Waals surface area (Å²) in [6.45, 7) is 0.112. The number of benzene rings is 2. The van der Waals surface area contributed by atoms with Crippen molar-refractivity contribution >= 4 is 21.9 Å². The molecule has 0 atom stereocenters. The summed E-state index contributed by atoms with van der Waals surface area (Å²) in [5.41, 5.74) is 0.373. The molecule has 118 valence electrons. The first kappa shape index (κ1) is 16.8. The van der Waals surface area contributed by atoms with Gasteiger partial charge in [-0.2, -0.15) is 5.26 Å². The standard InChI is InChI=1S/C17H14BrNO4/c18-14-5-3-6-15(10-14)21-8-9-22-17(20)12-23-16-7-2-1-4-13(16)11-19/h1-7,10H,8-9,12H2. The van der Waals surface area contributed by atoms with E-state index in [0.29, 0.717) is 17.1 Å². The van der Waals surface area contributed by atoms with Crippen LogP contribution < -0.4 is 9.47 Å². The average molecular weight is 376 g/mol. The Labute approximate surface area is 142 Å². The lowest BCUT2D eigenvalue weighted by molar-refractivity contribution is -0.146. The van der Waals surface area contributed by atoms with E-state index in [1.165, 1.54) is 0 Å². The fourth-order valence-electron chi connectivity index (χ4n) is 1.74. The molecule has 2 aromatic carbocycles. The minimum atomic E-state index is -0.518. The Morgan fingerprint density at radius 3 is 2.70 bits per heavy atom. The van der Waals surface area contributed by atoms with Gasteiger partial charge in [-0.25, -0.2) is 4.79 Å². The summed E-state index contributed by atoms with van der Waals surface area (Å²) >= 11 is 3.34. The molecule has 6 heteroatoms. The van der Waals surface area contributed by atoms with Crippen molar-refractivity contribution in [3.05, 3.63) is 58.6 Å². The molecule has 2 aromatic rings. The summed E-state index contributed by atoms with van der Waals surface area (Å²) in [6, 6.07) is 16.1. The molecule has 0 fully saturated rings. The van der Waals surface area contributed by atoms with E-state index in [-0.39, 0.29) is 19.8 Å². The van der Waals surface area contributed by atoms with E-state index in [4.69, 9.17) is 19.5 Å². The highest BCUT2D eigenvalue weighted by atomic mass is 79.9. The zero-order chi connectivity index (χ0) is 16.5. The van der Waals surface area contributed by atoms with Gasteiger partial charge in [0, 0.05) is 4.47 Å². The Morgan fingerprint density at radius 1 is 1.09 bits per heavy atom. The molecule has 2 rings (SSSR count). The van der Waals surface area contributed by atoms with Crippen LogP contribution in [0.3, 0.4) is 0 Å². The number of carbonyl (C=O) groups excluding carboxylic acids is 1. The van der Waals surface area contributed by atoms with Crippen molar-refractivity contribution in [2.24, 2.45) is 0 Å². The number of rotatable bonds is 7. The van der Waals surface area contributed by atoms with E-state index in [1.54, 1.807) is 24.3 Å². The molecule has 5 nitrogen and oxygen atoms in total. The van der Waals surface area contributed by atoms with Gasteiger partial charge in [0.05, 0.1) is 5.56 Å². The van der Waals surface area contributed by atoms with Crippen LogP contribution in [-0.4, -0.2) is 25.8 Å². The van der Waals surface area contributed by atoms with Crippen LogP contribution in [0.4, 0.5) is 0 Å². The molecule has 0 heterocycles. The third kappa shape index (κ3) is 5.64. The fourth-order valence-corrected chi connectivity index (χ4v) is 2.11. The number of para-hydroxylation sites is 1. The topological polar surface area (TPSA) is 68.5 Å². The van der Waals surface area contributed by atoms with E-state index in [2.05, 4.69) is 15.9 Å². The van der Waals surface area contributed by atoms with E-state index in [9.17, 15) is 4.79 Å². The van der Waals surface area contributed by atoms with Crippen molar-refractivity contribution in [1.82, 2.24) is 0 Å². The largest absolute Gasteiger partial charge is 0.490 e. The zero-order valence-electron chi connectivity index (χ0n) is 12.2. The second kappa shape index (κ2) is 8.81. The van der Waals surface area contributed by atoms with Crippen LogP contribution >= 0.6 is 15.9 Å². The Hall–Kier alpha value is -2.52. The minimum absolute atomic E-state index is 0.120. The van der Waals surface area contributed by atoms with Gasteiger partial charge in [0.15, 0.2) is 6.61 Å². The van der Waals surface area contributed by atoms with Gasteiger partial charge in [0.25, 0.3) is 0 Å². The highest BCUT2D eigenvalue weighted by Crippen LogP contribution is 2.18. The summed E-state index contributed by atoms with van der Waals surface area (Å²) < 4.78 is 16.6. The molecular formula is C17H14BrNO4. The molecular weight excluding hydrogens is 362 g/mol. The summed E-state index contributed by atoms with van der Waals surface area (Å²) in [7, 11) is 0. The number of nitrogens with zero attached hydrogens (tertiary/aromatic N) is 1. The zero-order valence-corrected chi connectivity index (χ0v) is 13.8. The second-order valence-electron chi connectivity index (χ2n) is 4.42. The van der Waals surface area contributed by atoms with Crippen LogP contribution in [0.5, 0.6) is 11.5 Å². The quantitative estimate of drug-likeness (QED) is 0.548. The fraction of sp³-hybridized carbons (Fsp3) is 0.176. The first-order valence-electron chi connectivity index (χ1n) is 6.85. The van der Waals surface area contributed by atoms with Gasteiger partial charge in [-0.05, 0) is 30.3 Å². The molecule has 0 radical (unpaired) electrons. The molecule has 0 aliphatic rings. The highest BCUT2D eigenvalue weighted by Gasteiger charge is 2.07. The van der Waals surface area contributed by atoms with Gasteiger partial charge in [0.2, 0.25) is 0 Å². The number of halogens is 1. The molecule has 0 bridgehead atoms. The van der Waals surface area contributed by atoms with E-state index >= 15 is 0 Å². The first-order chi connectivity index (χ1) is 11.2. The number of hydrogen-bond acceptors (Lipinski definition) is 5. The predicted molar refractivity (Wildman–Crippen MR) is 87.2 cm³/mol. The molecule has 0 aliphatic carbocycles. The van der Waals surface area contributed by atoms with E-state index < -0.39 is 5.97 Å². The SMILES string of the molecule is N#Cc1ccccc1OCC(=O)OCCOc1cccc(Br)c1. The predicted octanol–water partition coefficient (Wildman–Crippen LogP) is 3.32. The van der Waals surface area contributed by atoms with Crippen molar-refractivity contribution in [3.63, 3.8) is 0 Å². The maximum atomic E-state index is 11.6. The molecule has 0 saturated heterocycles. The maximum Gasteiger partial charge on any atom is 0.344 e. The average Bonchev–Trinajstić information content (AvgIpc) is 2.57. The lowest BCUT2D eigenvalue weighted by Crippen LogP contribution is -2.18. The number of carbonyl (C=O) groups is 1. The van der Waals surface area contributed by atoms with Crippen molar-refractivity contribution in [3.8, 4) is 17.6 Å². The van der Waals surface area contributed by atoms with Crippen LogP contribution in [-0.2, 0) is 9.53 Å². The second-order valence-corrected chi connectivity index (χ2v) is 5.34. The number of ether oxygens (including phenoxy) is 3. The van der Waals surface area contributed by atoms with E-state index in [0.717, 1.165) is 4.47 Å². The molecule has 0 spiro atoms. The van der Waals surface area contributed by atoms with Gasteiger partial charge < -0.3 is 14.2 Å². The molecule has 0 unspecified atom stereocenters. The van der Waals surface area contributed by atoms with Gasteiger partial charge in [0.1, 0.15) is 30.8 Å².